The van der Waals surface area contributed by atoms with Gasteiger partial charge in [-0.1, -0.05) is 0 Å². The van der Waals surface area contributed by atoms with Crippen LogP contribution in [0.2, 0.25) is 0 Å². The number of hydrogen-bond acceptors (Lipinski definition) is 12. The van der Waals surface area contributed by atoms with E-state index in [-0.39, 0.29) is 12.0 Å². The number of benzene rings is 1. The fourth-order valence-electron chi connectivity index (χ4n) is 5.37. The number of nitriles is 1. The van der Waals surface area contributed by atoms with Crippen LogP contribution in [0.4, 0.5) is 17.5 Å². The number of aliphatic hydroxyl groups is 1. The van der Waals surface area contributed by atoms with Gasteiger partial charge in [0.15, 0.2) is 0 Å². The summed E-state index contributed by atoms with van der Waals surface area (Å²) >= 11 is 0. The summed E-state index contributed by atoms with van der Waals surface area (Å²) in [6.07, 6.45) is 0.360. The monoisotopic (exact) mass is 586 g/mol. The first-order valence-corrected chi connectivity index (χ1v) is 14.3. The van der Waals surface area contributed by atoms with Crippen molar-refractivity contribution in [2.75, 3.05) is 69.8 Å². The number of ether oxygens (including phenoxy) is 3. The number of amides is 1. The van der Waals surface area contributed by atoms with Gasteiger partial charge in [-0.3, -0.25) is 9.69 Å². The molecular weight excluding hydrogens is 552 g/mol. The van der Waals surface area contributed by atoms with Gasteiger partial charge in [0.05, 0.1) is 50.7 Å². The second kappa shape index (κ2) is 12.4. The van der Waals surface area contributed by atoms with Crippen molar-refractivity contribution in [3.05, 3.63) is 48.2 Å². The summed E-state index contributed by atoms with van der Waals surface area (Å²) in [6.45, 7) is 7.55. The highest BCUT2D eigenvalue weighted by molar-refractivity contribution is 5.81. The van der Waals surface area contributed by atoms with E-state index in [0.717, 1.165) is 50.6 Å². The van der Waals surface area contributed by atoms with Crippen LogP contribution in [0, 0.1) is 11.3 Å². The van der Waals surface area contributed by atoms with Crippen LogP contribution in [-0.4, -0.2) is 114 Å². The van der Waals surface area contributed by atoms with Crippen LogP contribution in [0.5, 0.6) is 11.6 Å². The van der Waals surface area contributed by atoms with Gasteiger partial charge in [0.1, 0.15) is 35.5 Å². The summed E-state index contributed by atoms with van der Waals surface area (Å²) in [5, 5.41) is 22.4. The first kappa shape index (κ1) is 28.6. The average molecular weight is 587 g/mol. The zero-order chi connectivity index (χ0) is 29.9. The quantitative estimate of drug-likeness (QED) is 0.375. The largest absolute Gasteiger partial charge is 0.485 e. The zero-order valence-electron chi connectivity index (χ0n) is 24.1. The third kappa shape index (κ3) is 6.17. The second-order valence-corrected chi connectivity index (χ2v) is 10.8. The first-order chi connectivity index (χ1) is 20.9. The van der Waals surface area contributed by atoms with Crippen molar-refractivity contribution in [3.8, 4) is 29.0 Å². The van der Waals surface area contributed by atoms with E-state index in [0.29, 0.717) is 53.8 Å². The van der Waals surface area contributed by atoms with E-state index in [1.54, 1.807) is 31.5 Å². The van der Waals surface area contributed by atoms with Crippen LogP contribution in [-0.2, 0) is 9.53 Å². The predicted molar refractivity (Wildman–Crippen MR) is 157 cm³/mol. The number of methoxy groups -OCH3 is 1. The standard InChI is InChI=1S/C30H34N8O5/c1-19(39)29(40)38-15-23(16-38)43-26-5-3-20(13-21(26)14-31)24-7-8-32-30(33-24)35-27-6-4-25(28(34-27)41-2)37-11-9-36(10-12-37)22-17-42-18-22/h3-8,13,19,22-23,39H,9-12,15-18H2,1-2H3,(H,32,33,34,35). The Bertz CT molecular complexity index is 1510. The minimum atomic E-state index is -1.04. The lowest BCUT2D eigenvalue weighted by atomic mass is 10.1. The number of anilines is 3. The number of carbonyl (C=O) groups excluding carboxylic acids is 1. The summed E-state index contributed by atoms with van der Waals surface area (Å²) in [5.41, 5.74) is 2.65. The average Bonchev–Trinajstić information content (AvgIpc) is 2.98. The molecule has 3 saturated heterocycles. The Labute approximate surface area is 249 Å². The zero-order valence-corrected chi connectivity index (χ0v) is 24.1. The third-order valence-electron chi connectivity index (χ3n) is 7.93. The Morgan fingerprint density at radius 1 is 1.14 bits per heavy atom. The third-order valence-corrected chi connectivity index (χ3v) is 7.93. The minimum absolute atomic E-state index is 0.238. The number of carbonyl (C=O) groups is 1. The highest BCUT2D eigenvalue weighted by Crippen LogP contribution is 2.31. The Kier molecular flexibility index (Phi) is 8.24. The molecule has 13 heteroatoms. The molecule has 1 unspecified atom stereocenters. The molecule has 3 aromatic rings. The van der Waals surface area contributed by atoms with Crippen LogP contribution >= 0.6 is 0 Å². The van der Waals surface area contributed by atoms with E-state index in [2.05, 4.69) is 36.1 Å². The molecule has 3 aliphatic rings. The number of hydrogen-bond donors (Lipinski definition) is 2. The van der Waals surface area contributed by atoms with Crippen LogP contribution in [0.1, 0.15) is 12.5 Å². The maximum absolute atomic E-state index is 11.9. The summed E-state index contributed by atoms with van der Waals surface area (Å²) in [4.78, 5) is 31.8. The van der Waals surface area contributed by atoms with E-state index >= 15 is 0 Å². The molecule has 1 aromatic carbocycles. The van der Waals surface area contributed by atoms with Crippen molar-refractivity contribution in [3.63, 3.8) is 0 Å². The topological polar surface area (TPSA) is 149 Å². The van der Waals surface area contributed by atoms with Gasteiger partial charge in [0.2, 0.25) is 11.8 Å². The molecule has 43 heavy (non-hydrogen) atoms. The molecule has 2 N–H and O–H groups in total. The normalized spacial score (nSPS) is 18.3. The van der Waals surface area contributed by atoms with Crippen molar-refractivity contribution in [1.82, 2.24) is 24.8 Å². The molecule has 5 heterocycles. The van der Waals surface area contributed by atoms with Crippen LogP contribution < -0.4 is 19.7 Å². The maximum atomic E-state index is 11.9. The highest BCUT2D eigenvalue weighted by atomic mass is 16.5. The summed E-state index contributed by atoms with van der Waals surface area (Å²) < 4.78 is 16.9. The van der Waals surface area contributed by atoms with Gasteiger partial charge >= 0.3 is 0 Å². The van der Waals surface area contributed by atoms with Crippen molar-refractivity contribution in [1.29, 1.82) is 5.26 Å². The minimum Gasteiger partial charge on any atom is -0.485 e. The Balaban J connectivity index is 1.11. The van der Waals surface area contributed by atoms with Crippen LogP contribution in [0.3, 0.4) is 0 Å². The molecule has 0 radical (unpaired) electrons. The van der Waals surface area contributed by atoms with Gasteiger partial charge in [0, 0.05) is 37.9 Å². The van der Waals surface area contributed by atoms with Gasteiger partial charge in [-0.15, -0.1) is 0 Å². The smallest absolute Gasteiger partial charge is 0.251 e. The molecule has 1 atom stereocenters. The van der Waals surface area contributed by atoms with Gasteiger partial charge in [-0.25, -0.2) is 9.97 Å². The van der Waals surface area contributed by atoms with E-state index in [9.17, 15) is 15.2 Å². The summed E-state index contributed by atoms with van der Waals surface area (Å²) in [5.74, 6) is 1.53. The van der Waals surface area contributed by atoms with Crippen molar-refractivity contribution >= 4 is 23.4 Å². The predicted octanol–water partition coefficient (Wildman–Crippen LogP) is 1.65. The Morgan fingerprint density at radius 3 is 2.60 bits per heavy atom. The molecule has 2 aromatic heterocycles. The summed E-state index contributed by atoms with van der Waals surface area (Å²) in [7, 11) is 1.62. The molecule has 224 valence electrons. The molecular formula is C30H34N8O5. The fraction of sp³-hybridized carbons (Fsp3) is 0.433. The van der Waals surface area contributed by atoms with Crippen molar-refractivity contribution in [2.24, 2.45) is 0 Å². The molecule has 0 saturated carbocycles. The van der Waals surface area contributed by atoms with Gasteiger partial charge < -0.3 is 34.4 Å². The number of rotatable bonds is 9. The number of likely N-dealkylation sites (tertiary alicyclic amines) is 1. The van der Waals surface area contributed by atoms with E-state index in [1.807, 2.05) is 18.2 Å². The van der Waals surface area contributed by atoms with Crippen molar-refractivity contribution < 1.29 is 24.1 Å². The van der Waals surface area contributed by atoms with Crippen molar-refractivity contribution in [2.45, 2.75) is 25.2 Å². The van der Waals surface area contributed by atoms with E-state index in [1.165, 1.54) is 11.8 Å². The Morgan fingerprint density at radius 2 is 1.93 bits per heavy atom. The summed E-state index contributed by atoms with van der Waals surface area (Å²) in [6, 6.07) is 13.6. The molecule has 3 fully saturated rings. The number of aliphatic hydroxyl groups excluding tert-OH is 1. The molecule has 3 aliphatic heterocycles. The second-order valence-electron chi connectivity index (χ2n) is 10.8. The molecule has 0 bridgehead atoms. The first-order valence-electron chi connectivity index (χ1n) is 14.3. The maximum Gasteiger partial charge on any atom is 0.251 e. The number of pyridine rings is 1. The number of piperazine rings is 1. The SMILES string of the molecule is COc1nc(Nc2nccc(-c3ccc(OC4CN(C(=O)C(C)O)C4)c(C#N)c3)n2)ccc1N1CCN(C2COC2)CC1. The number of aromatic nitrogens is 3. The van der Waals surface area contributed by atoms with Crippen LogP contribution in [0.15, 0.2) is 42.6 Å². The fourth-order valence-corrected chi connectivity index (χ4v) is 5.37. The number of nitrogens with zero attached hydrogens (tertiary/aromatic N) is 7. The van der Waals surface area contributed by atoms with Crippen LogP contribution in [0.25, 0.3) is 11.3 Å². The molecule has 0 aliphatic carbocycles. The molecule has 0 spiro atoms. The highest BCUT2D eigenvalue weighted by Gasteiger charge is 2.34. The molecule has 1 amide bonds. The van der Waals surface area contributed by atoms with Gasteiger partial charge in [-0.05, 0) is 43.3 Å². The molecule has 6 rings (SSSR count). The lowest BCUT2D eigenvalue weighted by molar-refractivity contribution is -0.148. The number of nitrogens with one attached hydrogen (secondary N) is 1. The van der Waals surface area contributed by atoms with Gasteiger partial charge in [0.25, 0.3) is 5.91 Å². The Hall–Kier alpha value is -4.51. The van der Waals surface area contributed by atoms with Gasteiger partial charge in [-0.2, -0.15) is 10.2 Å². The lowest BCUT2D eigenvalue weighted by Gasteiger charge is -2.43. The lowest BCUT2D eigenvalue weighted by Crippen LogP contribution is -2.58. The molecule has 13 nitrogen and oxygen atoms in total. The van der Waals surface area contributed by atoms with E-state index in [4.69, 9.17) is 14.2 Å². The van der Waals surface area contributed by atoms with E-state index < -0.39 is 6.10 Å².